The predicted octanol–water partition coefficient (Wildman–Crippen LogP) is 3.57. The van der Waals surface area contributed by atoms with E-state index in [0.29, 0.717) is 5.69 Å². The minimum Gasteiger partial charge on any atom is -0.465 e. The van der Waals surface area contributed by atoms with Gasteiger partial charge in [0.15, 0.2) is 0 Å². The van der Waals surface area contributed by atoms with Gasteiger partial charge in [0.25, 0.3) is 10.0 Å². The van der Waals surface area contributed by atoms with Crippen molar-refractivity contribution in [3.8, 4) is 0 Å². The second-order valence-electron chi connectivity index (χ2n) is 6.45. The monoisotopic (exact) mass is 347 g/mol. The van der Waals surface area contributed by atoms with Crippen molar-refractivity contribution in [2.24, 2.45) is 0 Å². The highest BCUT2D eigenvalue weighted by Crippen LogP contribution is 2.24. The van der Waals surface area contributed by atoms with Crippen molar-refractivity contribution in [3.63, 3.8) is 0 Å². The van der Waals surface area contributed by atoms with Crippen LogP contribution >= 0.6 is 0 Å². The van der Waals surface area contributed by atoms with E-state index in [1.54, 1.807) is 42.5 Å². The van der Waals surface area contributed by atoms with Gasteiger partial charge in [-0.1, -0.05) is 39.0 Å². The first kappa shape index (κ1) is 18.0. The van der Waals surface area contributed by atoms with E-state index < -0.39 is 16.0 Å². The van der Waals surface area contributed by atoms with Gasteiger partial charge in [0.1, 0.15) is 0 Å². The average Bonchev–Trinajstić information content (AvgIpc) is 2.53. The topological polar surface area (TPSA) is 72.5 Å². The molecule has 5 nitrogen and oxygen atoms in total. The third-order valence-corrected chi connectivity index (χ3v) is 4.96. The maximum absolute atomic E-state index is 12.5. The third-order valence-electron chi connectivity index (χ3n) is 3.57. The van der Waals surface area contributed by atoms with Crippen molar-refractivity contribution in [2.45, 2.75) is 31.1 Å². The van der Waals surface area contributed by atoms with E-state index in [9.17, 15) is 13.2 Å². The fourth-order valence-corrected chi connectivity index (χ4v) is 3.23. The van der Waals surface area contributed by atoms with Gasteiger partial charge < -0.3 is 4.74 Å². The molecule has 0 unspecified atom stereocenters. The summed E-state index contributed by atoms with van der Waals surface area (Å²) in [5, 5.41) is 0. The van der Waals surface area contributed by atoms with Gasteiger partial charge in [0.2, 0.25) is 0 Å². The molecule has 0 aromatic heterocycles. The molecule has 0 radical (unpaired) electrons. The maximum atomic E-state index is 12.5. The van der Waals surface area contributed by atoms with Crippen LogP contribution in [-0.2, 0) is 20.2 Å². The van der Waals surface area contributed by atoms with Crippen LogP contribution in [0.4, 0.5) is 5.69 Å². The van der Waals surface area contributed by atoms with Crippen LogP contribution in [0.2, 0.25) is 0 Å². The molecule has 2 rings (SSSR count). The first-order chi connectivity index (χ1) is 11.1. The number of hydrogen-bond donors (Lipinski definition) is 1. The highest BCUT2D eigenvalue weighted by Gasteiger charge is 2.18. The number of nitrogens with one attached hydrogen (secondary N) is 1. The van der Waals surface area contributed by atoms with Crippen LogP contribution in [0.1, 0.15) is 36.7 Å². The molecule has 0 saturated carbocycles. The lowest BCUT2D eigenvalue weighted by Crippen LogP contribution is -2.15. The molecule has 0 aliphatic rings. The van der Waals surface area contributed by atoms with E-state index in [-0.39, 0.29) is 15.9 Å². The van der Waals surface area contributed by atoms with Crippen molar-refractivity contribution in [1.29, 1.82) is 0 Å². The number of esters is 1. The summed E-state index contributed by atoms with van der Waals surface area (Å²) in [6, 6.07) is 12.9. The first-order valence-electron chi connectivity index (χ1n) is 7.45. The summed E-state index contributed by atoms with van der Waals surface area (Å²) < 4.78 is 32.1. The Morgan fingerprint density at radius 1 is 1.04 bits per heavy atom. The molecule has 2 aromatic carbocycles. The number of anilines is 1. The number of methoxy groups -OCH3 is 1. The Labute approximate surface area is 142 Å². The maximum Gasteiger partial charge on any atom is 0.337 e. The minimum atomic E-state index is -3.73. The van der Waals surface area contributed by atoms with Crippen LogP contribution in [0.15, 0.2) is 53.4 Å². The molecule has 0 aliphatic heterocycles. The summed E-state index contributed by atoms with van der Waals surface area (Å²) >= 11 is 0. The van der Waals surface area contributed by atoms with E-state index in [2.05, 4.69) is 30.2 Å². The predicted molar refractivity (Wildman–Crippen MR) is 93.7 cm³/mol. The molecule has 0 fully saturated rings. The highest BCUT2D eigenvalue weighted by molar-refractivity contribution is 7.92. The van der Waals surface area contributed by atoms with E-state index in [1.165, 1.54) is 13.2 Å². The van der Waals surface area contributed by atoms with Crippen LogP contribution in [0.25, 0.3) is 0 Å². The summed E-state index contributed by atoms with van der Waals surface area (Å²) in [6.07, 6.45) is 0. The molecular weight excluding hydrogens is 326 g/mol. The van der Waals surface area contributed by atoms with E-state index in [0.717, 1.165) is 5.56 Å². The fourth-order valence-electron chi connectivity index (χ4n) is 2.18. The van der Waals surface area contributed by atoms with Crippen LogP contribution in [0.3, 0.4) is 0 Å². The van der Waals surface area contributed by atoms with E-state index >= 15 is 0 Å². The lowest BCUT2D eigenvalue weighted by molar-refractivity contribution is 0.0601. The smallest absolute Gasteiger partial charge is 0.337 e. The van der Waals surface area contributed by atoms with Gasteiger partial charge >= 0.3 is 5.97 Å². The molecule has 1 N–H and O–H groups in total. The molecule has 0 saturated heterocycles. The molecule has 0 amide bonds. The molecule has 0 atom stereocenters. The SMILES string of the molecule is COC(=O)c1cccc(NS(=O)(=O)c2ccc(C(C)(C)C)cc2)c1. The van der Waals surface area contributed by atoms with Crippen molar-refractivity contribution >= 4 is 21.7 Å². The first-order valence-corrected chi connectivity index (χ1v) is 8.93. The molecule has 6 heteroatoms. The summed E-state index contributed by atoms with van der Waals surface area (Å²) in [6.45, 7) is 6.19. The van der Waals surface area contributed by atoms with Gasteiger partial charge in [-0.15, -0.1) is 0 Å². The molecule has 0 heterocycles. The lowest BCUT2D eigenvalue weighted by Gasteiger charge is -2.19. The molecule has 0 bridgehead atoms. The van der Waals surface area contributed by atoms with Gasteiger partial charge in [0, 0.05) is 5.69 Å². The molecule has 24 heavy (non-hydrogen) atoms. The molecule has 128 valence electrons. The number of carbonyl (C=O) groups excluding carboxylic acids is 1. The molecule has 2 aromatic rings. The van der Waals surface area contributed by atoms with Crippen LogP contribution in [0.5, 0.6) is 0 Å². The lowest BCUT2D eigenvalue weighted by atomic mass is 9.87. The number of hydrogen-bond acceptors (Lipinski definition) is 4. The summed E-state index contributed by atoms with van der Waals surface area (Å²) in [7, 11) is -2.45. The second-order valence-corrected chi connectivity index (χ2v) is 8.13. The van der Waals surface area contributed by atoms with Crippen LogP contribution < -0.4 is 4.72 Å². The second kappa shape index (κ2) is 6.65. The van der Waals surface area contributed by atoms with Crippen molar-refractivity contribution in [1.82, 2.24) is 0 Å². The number of carbonyl (C=O) groups is 1. The minimum absolute atomic E-state index is 0.0510. The van der Waals surface area contributed by atoms with Crippen molar-refractivity contribution < 1.29 is 17.9 Å². The normalized spacial score (nSPS) is 11.8. The Kier molecular flexibility index (Phi) is 4.99. The zero-order valence-electron chi connectivity index (χ0n) is 14.2. The molecule has 0 aliphatic carbocycles. The largest absolute Gasteiger partial charge is 0.465 e. The Bertz CT molecular complexity index is 834. The van der Waals surface area contributed by atoms with Gasteiger partial charge in [-0.3, -0.25) is 4.72 Å². The summed E-state index contributed by atoms with van der Waals surface area (Å²) in [5.74, 6) is -0.523. The third kappa shape index (κ3) is 4.14. The molecular formula is C18H21NO4S. The zero-order chi connectivity index (χ0) is 18.0. The number of rotatable bonds is 4. The Balaban J connectivity index is 2.27. The molecule has 0 spiro atoms. The average molecular weight is 347 g/mol. The highest BCUT2D eigenvalue weighted by atomic mass is 32.2. The van der Waals surface area contributed by atoms with Gasteiger partial charge in [-0.05, 0) is 41.3 Å². The Hall–Kier alpha value is -2.34. The van der Waals surface area contributed by atoms with Gasteiger partial charge in [-0.2, -0.15) is 0 Å². The quantitative estimate of drug-likeness (QED) is 0.858. The van der Waals surface area contributed by atoms with Gasteiger partial charge in [0.05, 0.1) is 17.6 Å². The van der Waals surface area contributed by atoms with Crippen LogP contribution in [0, 0.1) is 0 Å². The van der Waals surface area contributed by atoms with Crippen molar-refractivity contribution in [3.05, 3.63) is 59.7 Å². The van der Waals surface area contributed by atoms with E-state index in [4.69, 9.17) is 0 Å². The zero-order valence-corrected chi connectivity index (χ0v) is 15.0. The van der Waals surface area contributed by atoms with Gasteiger partial charge in [-0.25, -0.2) is 13.2 Å². The van der Waals surface area contributed by atoms with Crippen LogP contribution in [-0.4, -0.2) is 21.5 Å². The number of benzene rings is 2. The number of ether oxygens (including phenoxy) is 1. The van der Waals surface area contributed by atoms with Crippen molar-refractivity contribution in [2.75, 3.05) is 11.8 Å². The van der Waals surface area contributed by atoms with E-state index in [1.807, 2.05) is 0 Å². The fraction of sp³-hybridized carbons (Fsp3) is 0.278. The standard InChI is InChI=1S/C18H21NO4S/c1-18(2,3)14-8-10-16(11-9-14)24(21,22)19-15-7-5-6-13(12-15)17(20)23-4/h5-12,19H,1-4H3. The Morgan fingerprint density at radius 3 is 2.21 bits per heavy atom. The number of sulfonamides is 1. The Morgan fingerprint density at radius 2 is 1.67 bits per heavy atom. The summed E-state index contributed by atoms with van der Waals surface area (Å²) in [5.41, 5.74) is 1.58. The summed E-state index contributed by atoms with van der Waals surface area (Å²) in [4.78, 5) is 11.7.